The smallest absolute Gasteiger partial charge is 0.205 e. The number of para-hydroxylation sites is 2. The van der Waals surface area contributed by atoms with E-state index in [1.54, 1.807) is 0 Å². The molecule has 4 nitrogen and oxygen atoms in total. The molecule has 0 bridgehead atoms. The molecular weight excluding hydrogens is 250 g/mol. The molecule has 1 heterocycles. The van der Waals surface area contributed by atoms with Gasteiger partial charge in [0.05, 0.1) is 11.0 Å². The highest BCUT2D eigenvalue weighted by atomic mass is 16.2. The van der Waals surface area contributed by atoms with E-state index in [1.807, 2.05) is 48.0 Å². The molecular formula is C16H19N3O. The molecule has 1 aromatic heterocycles. The molecule has 0 saturated carbocycles. The molecule has 3 N–H and O–H groups in total. The van der Waals surface area contributed by atoms with E-state index in [0.717, 1.165) is 23.9 Å². The van der Waals surface area contributed by atoms with Gasteiger partial charge in [-0.15, -0.1) is 5.92 Å². The fourth-order valence-corrected chi connectivity index (χ4v) is 1.88. The molecule has 2 aromatic rings. The Morgan fingerprint density at radius 3 is 3.05 bits per heavy atom. The topological polar surface area (TPSA) is 64.1 Å². The Bertz CT molecular complexity index is 661. The van der Waals surface area contributed by atoms with Crippen molar-refractivity contribution in [2.45, 2.75) is 19.8 Å². The zero-order valence-corrected chi connectivity index (χ0v) is 11.6. The summed E-state index contributed by atoms with van der Waals surface area (Å²) >= 11 is 0. The number of nitrogen functional groups attached to an aromatic ring is 1. The third-order valence-corrected chi connectivity index (χ3v) is 2.94. The standard InChI is InChI=1S/C16H19N3O/c1-13(7-3-2-6-12-20)10-11-19-15-9-5-4-8-14(15)18-16(19)17/h4-5,8-11,13,20H,2,6,12H2,1H3,(H2,17,18)/b11-10-. The van der Waals surface area contributed by atoms with Crippen molar-refractivity contribution in [1.82, 2.24) is 9.55 Å². The second-order valence-corrected chi connectivity index (χ2v) is 4.61. The first-order valence-electron chi connectivity index (χ1n) is 6.72. The minimum absolute atomic E-state index is 0.134. The lowest BCUT2D eigenvalue weighted by Crippen LogP contribution is -1.96. The molecule has 0 spiro atoms. The van der Waals surface area contributed by atoms with E-state index in [2.05, 4.69) is 16.8 Å². The number of imidazole rings is 1. The van der Waals surface area contributed by atoms with Gasteiger partial charge in [-0.1, -0.05) is 24.1 Å². The molecule has 1 unspecified atom stereocenters. The molecule has 0 aliphatic carbocycles. The molecule has 0 fully saturated rings. The minimum atomic E-state index is 0.134. The van der Waals surface area contributed by atoms with Gasteiger partial charge in [-0.25, -0.2) is 4.98 Å². The second-order valence-electron chi connectivity index (χ2n) is 4.61. The van der Waals surface area contributed by atoms with E-state index in [9.17, 15) is 0 Å². The largest absolute Gasteiger partial charge is 0.396 e. The first-order chi connectivity index (χ1) is 9.72. The number of aliphatic hydroxyl groups excluding tert-OH is 1. The van der Waals surface area contributed by atoms with Gasteiger partial charge in [-0.3, -0.25) is 4.57 Å². The quantitative estimate of drug-likeness (QED) is 0.662. The molecule has 1 atom stereocenters. The summed E-state index contributed by atoms with van der Waals surface area (Å²) in [5.74, 6) is 6.78. The number of anilines is 1. The van der Waals surface area contributed by atoms with Gasteiger partial charge < -0.3 is 10.8 Å². The van der Waals surface area contributed by atoms with E-state index >= 15 is 0 Å². The first-order valence-corrected chi connectivity index (χ1v) is 6.72. The van der Waals surface area contributed by atoms with E-state index in [1.165, 1.54) is 0 Å². The molecule has 104 valence electrons. The number of aromatic nitrogens is 2. The Morgan fingerprint density at radius 1 is 1.45 bits per heavy atom. The van der Waals surface area contributed by atoms with Crippen LogP contribution in [0.4, 0.5) is 5.95 Å². The number of nitrogens with zero attached hydrogens (tertiary/aromatic N) is 2. The minimum Gasteiger partial charge on any atom is -0.396 e. The van der Waals surface area contributed by atoms with Gasteiger partial charge in [0, 0.05) is 25.1 Å². The number of allylic oxidation sites excluding steroid dienone is 1. The van der Waals surface area contributed by atoms with E-state index in [4.69, 9.17) is 10.8 Å². The van der Waals surface area contributed by atoms with Crippen molar-refractivity contribution in [2.75, 3.05) is 12.3 Å². The first kappa shape index (κ1) is 14.2. The number of unbranched alkanes of at least 4 members (excludes halogenated alkanes) is 1. The van der Waals surface area contributed by atoms with Crippen molar-refractivity contribution in [3.8, 4) is 11.8 Å². The van der Waals surface area contributed by atoms with Crippen LogP contribution in [-0.2, 0) is 0 Å². The Morgan fingerprint density at radius 2 is 2.25 bits per heavy atom. The van der Waals surface area contributed by atoms with Crippen molar-refractivity contribution in [3.05, 3.63) is 30.3 Å². The predicted molar refractivity (Wildman–Crippen MR) is 82.7 cm³/mol. The summed E-state index contributed by atoms with van der Waals surface area (Å²) in [6, 6.07) is 7.83. The average Bonchev–Trinajstić information content (AvgIpc) is 2.77. The zero-order valence-electron chi connectivity index (χ0n) is 11.6. The second kappa shape index (κ2) is 6.78. The number of aliphatic hydroxyl groups is 1. The van der Waals surface area contributed by atoms with Crippen LogP contribution in [0.5, 0.6) is 0 Å². The number of benzene rings is 1. The van der Waals surface area contributed by atoms with Crippen molar-refractivity contribution in [1.29, 1.82) is 0 Å². The van der Waals surface area contributed by atoms with Crippen LogP contribution in [0.3, 0.4) is 0 Å². The maximum Gasteiger partial charge on any atom is 0.205 e. The van der Waals surface area contributed by atoms with Gasteiger partial charge >= 0.3 is 0 Å². The number of nitrogens with two attached hydrogens (primary N) is 1. The molecule has 0 aliphatic heterocycles. The summed E-state index contributed by atoms with van der Waals surface area (Å²) in [4.78, 5) is 4.30. The van der Waals surface area contributed by atoms with Crippen LogP contribution < -0.4 is 5.73 Å². The van der Waals surface area contributed by atoms with Crippen molar-refractivity contribution >= 4 is 23.2 Å². The van der Waals surface area contributed by atoms with Crippen molar-refractivity contribution in [2.24, 2.45) is 5.92 Å². The fourth-order valence-electron chi connectivity index (χ4n) is 1.88. The maximum absolute atomic E-state index is 8.69. The molecule has 2 rings (SSSR count). The predicted octanol–water partition coefficient (Wildman–Crippen LogP) is 2.50. The van der Waals surface area contributed by atoms with Crippen LogP contribution >= 0.6 is 0 Å². The molecule has 0 amide bonds. The lowest BCUT2D eigenvalue weighted by molar-refractivity contribution is 0.290. The number of rotatable bonds is 4. The van der Waals surface area contributed by atoms with Gasteiger partial charge in [0.15, 0.2) is 0 Å². The Labute approximate surface area is 118 Å². The number of hydrogen-bond acceptors (Lipinski definition) is 3. The normalized spacial score (nSPS) is 12.5. The summed E-state index contributed by atoms with van der Waals surface area (Å²) in [5.41, 5.74) is 7.79. The van der Waals surface area contributed by atoms with Gasteiger partial charge in [-0.05, 0) is 25.5 Å². The fraction of sp³-hybridized carbons (Fsp3) is 0.312. The Balaban J connectivity index is 2.12. The van der Waals surface area contributed by atoms with Crippen LogP contribution in [0.1, 0.15) is 19.8 Å². The van der Waals surface area contributed by atoms with Gasteiger partial charge in [0.25, 0.3) is 0 Å². The highest BCUT2D eigenvalue weighted by Gasteiger charge is 2.04. The lowest BCUT2D eigenvalue weighted by atomic mass is 10.2. The highest BCUT2D eigenvalue weighted by molar-refractivity contribution is 5.80. The van der Waals surface area contributed by atoms with Gasteiger partial charge in [0.2, 0.25) is 5.95 Å². The van der Waals surface area contributed by atoms with Gasteiger partial charge in [-0.2, -0.15) is 0 Å². The summed E-state index contributed by atoms with van der Waals surface area (Å²) in [6.07, 6.45) is 5.36. The highest BCUT2D eigenvalue weighted by Crippen LogP contribution is 2.17. The summed E-state index contributed by atoms with van der Waals surface area (Å²) in [6.45, 7) is 2.22. The van der Waals surface area contributed by atoms with Crippen LogP contribution in [0, 0.1) is 17.8 Å². The van der Waals surface area contributed by atoms with Gasteiger partial charge in [0.1, 0.15) is 0 Å². The molecule has 0 radical (unpaired) electrons. The summed E-state index contributed by atoms with van der Waals surface area (Å²) in [7, 11) is 0. The van der Waals surface area contributed by atoms with E-state index < -0.39 is 0 Å². The summed E-state index contributed by atoms with van der Waals surface area (Å²) < 4.78 is 1.86. The van der Waals surface area contributed by atoms with E-state index in [-0.39, 0.29) is 12.5 Å². The Hall–Kier alpha value is -2.25. The molecule has 4 heteroatoms. The number of fused-ring (bicyclic) bond motifs is 1. The third-order valence-electron chi connectivity index (χ3n) is 2.94. The average molecular weight is 269 g/mol. The Kier molecular flexibility index (Phi) is 4.80. The summed E-state index contributed by atoms with van der Waals surface area (Å²) in [5, 5.41) is 8.69. The monoisotopic (exact) mass is 269 g/mol. The van der Waals surface area contributed by atoms with Crippen LogP contribution in [0.25, 0.3) is 17.2 Å². The zero-order chi connectivity index (χ0) is 14.4. The number of hydrogen-bond donors (Lipinski definition) is 2. The molecule has 0 saturated heterocycles. The van der Waals surface area contributed by atoms with Crippen LogP contribution in [-0.4, -0.2) is 21.3 Å². The van der Waals surface area contributed by atoms with E-state index in [0.29, 0.717) is 5.95 Å². The maximum atomic E-state index is 8.69. The van der Waals surface area contributed by atoms with Crippen LogP contribution in [0.15, 0.2) is 30.3 Å². The molecule has 1 aromatic carbocycles. The third kappa shape index (κ3) is 3.40. The van der Waals surface area contributed by atoms with Crippen molar-refractivity contribution < 1.29 is 5.11 Å². The SMILES string of the molecule is CC(C#CCCCO)/C=C\n1c(N)nc2ccccc21. The van der Waals surface area contributed by atoms with Crippen LogP contribution in [0.2, 0.25) is 0 Å². The molecule has 20 heavy (non-hydrogen) atoms. The van der Waals surface area contributed by atoms with Crippen molar-refractivity contribution in [3.63, 3.8) is 0 Å². The molecule has 0 aliphatic rings. The lowest BCUT2D eigenvalue weighted by Gasteiger charge is -2.00.